The number of amides is 3. The summed E-state index contributed by atoms with van der Waals surface area (Å²) in [5, 5.41) is 5.53. The standard InChI is InChI=1S/C35H36ClFN6O4S/c1-35(2,3)47-34(46)41-12-8-20(9-13-41)23-7-6-21(16-26(23)36)22-15-24-25(27(37)17-22)18-43(32(24)45)30(31(44)40-33-38-10-14-48-33)29-28-5-4-11-42(28)19-39-29/h6-7,10,14-17,19-20,30H,4-5,8-9,11-13,18H2,1-3H3,(H,38,40,44). The number of piperidine rings is 1. The lowest BCUT2D eigenvalue weighted by Gasteiger charge is -2.34. The van der Waals surface area contributed by atoms with Crippen molar-refractivity contribution in [1.29, 1.82) is 0 Å². The zero-order valence-corrected chi connectivity index (χ0v) is 28.5. The molecule has 10 nitrogen and oxygen atoms in total. The SMILES string of the molecule is CC(C)(C)OC(=O)N1CCC(c2ccc(-c3cc(F)c4c(c3)C(=O)N(C(C(=O)Nc3nccs3)c3ncn5c3CCC5)C4)cc2Cl)CC1. The van der Waals surface area contributed by atoms with Crippen molar-refractivity contribution in [1.82, 2.24) is 24.3 Å². The van der Waals surface area contributed by atoms with Gasteiger partial charge in [-0.3, -0.25) is 14.9 Å². The molecule has 0 bridgehead atoms. The normalized spacial score (nSPS) is 17.0. The lowest BCUT2D eigenvalue weighted by Crippen LogP contribution is -2.41. The molecule has 2 aromatic heterocycles. The van der Waals surface area contributed by atoms with E-state index in [0.29, 0.717) is 40.1 Å². The van der Waals surface area contributed by atoms with E-state index < -0.39 is 29.3 Å². The van der Waals surface area contributed by atoms with Gasteiger partial charge in [0.25, 0.3) is 11.8 Å². The minimum absolute atomic E-state index is 0.0653. The average Bonchev–Trinajstić information content (AvgIpc) is 3.85. The number of rotatable bonds is 6. The smallest absolute Gasteiger partial charge is 0.410 e. The van der Waals surface area contributed by atoms with Crippen LogP contribution < -0.4 is 5.32 Å². The van der Waals surface area contributed by atoms with Crippen molar-refractivity contribution in [2.45, 2.75) is 77.1 Å². The maximum Gasteiger partial charge on any atom is 0.410 e. The van der Waals surface area contributed by atoms with E-state index in [1.807, 2.05) is 37.5 Å². The van der Waals surface area contributed by atoms with Gasteiger partial charge in [-0.2, -0.15) is 0 Å². The molecule has 1 unspecified atom stereocenters. The van der Waals surface area contributed by atoms with Gasteiger partial charge in [0.1, 0.15) is 11.4 Å². The van der Waals surface area contributed by atoms with Crippen LogP contribution in [0.15, 0.2) is 48.2 Å². The second-order valence-corrected chi connectivity index (χ2v) is 14.8. The number of nitrogens with zero attached hydrogens (tertiary/aromatic N) is 5. The molecule has 0 spiro atoms. The first-order valence-electron chi connectivity index (χ1n) is 16.1. The number of aryl methyl sites for hydroxylation is 1. The van der Waals surface area contributed by atoms with Crippen LogP contribution in [0, 0.1) is 5.82 Å². The lowest BCUT2D eigenvalue weighted by molar-refractivity contribution is -0.121. The number of halogens is 2. The van der Waals surface area contributed by atoms with Crippen LogP contribution in [0.2, 0.25) is 5.02 Å². The van der Waals surface area contributed by atoms with Gasteiger partial charge in [0.05, 0.1) is 18.6 Å². The van der Waals surface area contributed by atoms with E-state index in [1.54, 1.807) is 34.9 Å². The van der Waals surface area contributed by atoms with Crippen LogP contribution >= 0.6 is 22.9 Å². The maximum atomic E-state index is 15.8. The molecule has 7 rings (SSSR count). The Hall–Kier alpha value is -4.29. The molecule has 1 atom stereocenters. The number of thiazole rings is 1. The number of likely N-dealkylation sites (tertiary alicyclic amines) is 1. The predicted molar refractivity (Wildman–Crippen MR) is 181 cm³/mol. The van der Waals surface area contributed by atoms with E-state index in [4.69, 9.17) is 16.3 Å². The van der Waals surface area contributed by atoms with Crippen molar-refractivity contribution in [2.24, 2.45) is 0 Å². The summed E-state index contributed by atoms with van der Waals surface area (Å²) in [6.07, 6.45) is 6.13. The Morgan fingerprint density at radius 2 is 1.90 bits per heavy atom. The summed E-state index contributed by atoms with van der Waals surface area (Å²) in [4.78, 5) is 52.1. The van der Waals surface area contributed by atoms with E-state index >= 15 is 4.39 Å². The minimum atomic E-state index is -1.05. The van der Waals surface area contributed by atoms with E-state index in [0.717, 1.165) is 43.5 Å². The molecule has 0 radical (unpaired) electrons. The number of anilines is 1. The number of carbonyl (C=O) groups is 3. The van der Waals surface area contributed by atoms with Crippen molar-refractivity contribution in [3.8, 4) is 11.1 Å². The number of ether oxygens (including phenoxy) is 1. The van der Waals surface area contributed by atoms with Gasteiger partial charge in [0, 0.05) is 53.1 Å². The Labute approximate surface area is 286 Å². The molecule has 3 amide bonds. The largest absolute Gasteiger partial charge is 0.444 e. The molecule has 4 aromatic rings. The minimum Gasteiger partial charge on any atom is -0.444 e. The summed E-state index contributed by atoms with van der Waals surface area (Å²) in [7, 11) is 0. The highest BCUT2D eigenvalue weighted by Crippen LogP contribution is 2.40. The van der Waals surface area contributed by atoms with Crippen LogP contribution in [-0.4, -0.2) is 60.9 Å². The molecule has 1 saturated heterocycles. The highest BCUT2D eigenvalue weighted by atomic mass is 35.5. The first kappa shape index (κ1) is 32.3. The van der Waals surface area contributed by atoms with E-state index in [2.05, 4.69) is 15.3 Å². The third-order valence-corrected chi connectivity index (χ3v) is 10.2. The topological polar surface area (TPSA) is 110 Å². The van der Waals surface area contributed by atoms with Crippen LogP contribution in [0.25, 0.3) is 11.1 Å². The monoisotopic (exact) mass is 690 g/mol. The van der Waals surface area contributed by atoms with Gasteiger partial charge in [0.15, 0.2) is 11.2 Å². The molecular formula is C35H36ClFN6O4S. The summed E-state index contributed by atoms with van der Waals surface area (Å²) in [5.74, 6) is -1.25. The van der Waals surface area contributed by atoms with E-state index in [9.17, 15) is 14.4 Å². The van der Waals surface area contributed by atoms with Gasteiger partial charge in [0.2, 0.25) is 0 Å². The fourth-order valence-electron chi connectivity index (χ4n) is 6.90. The van der Waals surface area contributed by atoms with Crippen LogP contribution in [-0.2, 0) is 29.0 Å². The number of hydrogen-bond donors (Lipinski definition) is 1. The van der Waals surface area contributed by atoms with Crippen LogP contribution in [0.1, 0.15) is 84.9 Å². The Balaban J connectivity index is 1.12. The van der Waals surface area contributed by atoms with Gasteiger partial charge in [-0.05, 0) is 87.3 Å². The van der Waals surface area contributed by atoms with Crippen molar-refractivity contribution in [3.05, 3.63) is 87.2 Å². The molecule has 3 aliphatic rings. The van der Waals surface area contributed by atoms with Crippen molar-refractivity contribution >= 4 is 46.0 Å². The molecule has 0 aliphatic carbocycles. The lowest BCUT2D eigenvalue weighted by atomic mass is 9.88. The maximum absolute atomic E-state index is 15.8. The molecule has 5 heterocycles. The zero-order valence-electron chi connectivity index (χ0n) is 27.0. The van der Waals surface area contributed by atoms with Gasteiger partial charge in [-0.1, -0.05) is 23.7 Å². The van der Waals surface area contributed by atoms with Crippen molar-refractivity contribution in [2.75, 3.05) is 18.4 Å². The average molecular weight is 691 g/mol. The summed E-state index contributed by atoms with van der Waals surface area (Å²) in [5.41, 5.74) is 3.47. The molecule has 1 fully saturated rings. The fourth-order valence-corrected chi connectivity index (χ4v) is 7.77. The summed E-state index contributed by atoms with van der Waals surface area (Å²) in [6, 6.07) is 7.68. The first-order chi connectivity index (χ1) is 23.0. The Morgan fingerprint density at radius 3 is 2.60 bits per heavy atom. The molecule has 48 heavy (non-hydrogen) atoms. The summed E-state index contributed by atoms with van der Waals surface area (Å²) >= 11 is 8.09. The van der Waals surface area contributed by atoms with E-state index in [-0.39, 0.29) is 29.7 Å². The van der Waals surface area contributed by atoms with Crippen LogP contribution in [0.3, 0.4) is 0 Å². The molecule has 250 valence electrons. The molecular weight excluding hydrogens is 655 g/mol. The number of carbonyl (C=O) groups excluding carboxylic acids is 3. The Bertz CT molecular complexity index is 1900. The zero-order chi connectivity index (χ0) is 33.7. The molecule has 0 saturated carbocycles. The van der Waals surface area contributed by atoms with Gasteiger partial charge < -0.3 is 19.1 Å². The third kappa shape index (κ3) is 6.19. The third-order valence-electron chi connectivity index (χ3n) is 9.21. The van der Waals surface area contributed by atoms with E-state index in [1.165, 1.54) is 22.3 Å². The van der Waals surface area contributed by atoms with Crippen molar-refractivity contribution in [3.63, 3.8) is 0 Å². The van der Waals surface area contributed by atoms with Gasteiger partial charge >= 0.3 is 6.09 Å². The highest BCUT2D eigenvalue weighted by Gasteiger charge is 2.42. The summed E-state index contributed by atoms with van der Waals surface area (Å²) in [6.45, 7) is 7.42. The predicted octanol–water partition coefficient (Wildman–Crippen LogP) is 7.20. The van der Waals surface area contributed by atoms with Crippen LogP contribution in [0.4, 0.5) is 14.3 Å². The fraction of sp³-hybridized carbons (Fsp3) is 0.400. The number of benzene rings is 2. The number of imidazole rings is 1. The highest BCUT2D eigenvalue weighted by molar-refractivity contribution is 7.13. The quantitative estimate of drug-likeness (QED) is 0.229. The van der Waals surface area contributed by atoms with Crippen molar-refractivity contribution < 1.29 is 23.5 Å². The first-order valence-corrected chi connectivity index (χ1v) is 17.4. The molecule has 3 aliphatic heterocycles. The number of fused-ring (bicyclic) bond motifs is 2. The van der Waals surface area contributed by atoms with Gasteiger partial charge in [-0.15, -0.1) is 11.3 Å². The second-order valence-electron chi connectivity index (χ2n) is 13.5. The number of aromatic nitrogens is 3. The second kappa shape index (κ2) is 12.6. The Morgan fingerprint density at radius 1 is 1.10 bits per heavy atom. The van der Waals surface area contributed by atoms with Gasteiger partial charge in [-0.25, -0.2) is 19.2 Å². The number of nitrogens with one attached hydrogen (secondary N) is 1. The molecule has 1 N–H and O–H groups in total. The number of hydrogen-bond acceptors (Lipinski definition) is 7. The molecule has 2 aromatic carbocycles. The van der Waals surface area contributed by atoms with Crippen LogP contribution in [0.5, 0.6) is 0 Å². The molecule has 13 heteroatoms. The summed E-state index contributed by atoms with van der Waals surface area (Å²) < 4.78 is 23.3. The Kier molecular flexibility index (Phi) is 8.49.